The first kappa shape index (κ1) is 14.1. The zero-order chi connectivity index (χ0) is 14.1. The van der Waals surface area contributed by atoms with Crippen molar-refractivity contribution in [2.45, 2.75) is 26.3 Å². The summed E-state index contributed by atoms with van der Waals surface area (Å²) in [7, 11) is 0. The van der Waals surface area contributed by atoms with Crippen molar-refractivity contribution in [2.24, 2.45) is 17.6 Å². The largest absolute Gasteiger partial charge is 0.329 e. The Labute approximate surface area is 125 Å². The number of nitrogens with zero attached hydrogens (tertiary/aromatic N) is 1. The van der Waals surface area contributed by atoms with Crippen molar-refractivity contribution in [1.29, 1.82) is 0 Å². The van der Waals surface area contributed by atoms with Crippen molar-refractivity contribution in [3.05, 3.63) is 35.2 Å². The van der Waals surface area contributed by atoms with E-state index >= 15 is 0 Å². The molecule has 2 N–H and O–H groups in total. The normalized spacial score (nSPS) is 21.9. The number of nitrogens with two attached hydrogens (primary N) is 1. The maximum absolute atomic E-state index is 6.12. The summed E-state index contributed by atoms with van der Waals surface area (Å²) in [5, 5.41) is 3.70. The van der Waals surface area contributed by atoms with Gasteiger partial charge in [-0.05, 0) is 47.2 Å². The summed E-state index contributed by atoms with van der Waals surface area (Å²) >= 11 is 1.84. The standard InChI is InChI=1S/C17H24N2S/c1-12(2)13-7-8-19(10-13)16(9-18)15-11-20-17-6-4-3-5-14(15)17/h3-6,11-13,16H,7-10,18H2,1-2H3. The smallest absolute Gasteiger partial charge is 0.0484 e. The van der Waals surface area contributed by atoms with Gasteiger partial charge in [-0.15, -0.1) is 11.3 Å². The molecule has 0 aliphatic carbocycles. The van der Waals surface area contributed by atoms with Gasteiger partial charge in [-0.3, -0.25) is 4.90 Å². The van der Waals surface area contributed by atoms with Gasteiger partial charge in [0.1, 0.15) is 0 Å². The monoisotopic (exact) mass is 288 g/mol. The van der Waals surface area contributed by atoms with E-state index in [1.165, 1.54) is 35.2 Å². The van der Waals surface area contributed by atoms with Crippen LogP contribution in [0.3, 0.4) is 0 Å². The topological polar surface area (TPSA) is 29.3 Å². The van der Waals surface area contributed by atoms with Crippen molar-refractivity contribution in [2.75, 3.05) is 19.6 Å². The van der Waals surface area contributed by atoms with Crippen LogP contribution in [-0.4, -0.2) is 24.5 Å². The predicted molar refractivity (Wildman–Crippen MR) is 88.1 cm³/mol. The molecule has 20 heavy (non-hydrogen) atoms. The second-order valence-electron chi connectivity index (χ2n) is 6.23. The van der Waals surface area contributed by atoms with Crippen molar-refractivity contribution in [1.82, 2.24) is 4.90 Å². The Morgan fingerprint density at radius 1 is 1.35 bits per heavy atom. The highest BCUT2D eigenvalue weighted by molar-refractivity contribution is 7.17. The number of fused-ring (bicyclic) bond motifs is 1. The van der Waals surface area contributed by atoms with E-state index in [2.05, 4.69) is 48.4 Å². The lowest BCUT2D eigenvalue weighted by molar-refractivity contribution is 0.233. The predicted octanol–water partition coefficient (Wildman–Crippen LogP) is 3.88. The van der Waals surface area contributed by atoms with Crippen LogP contribution in [0.4, 0.5) is 0 Å². The van der Waals surface area contributed by atoms with Crippen LogP contribution < -0.4 is 5.73 Å². The van der Waals surface area contributed by atoms with Crippen molar-refractivity contribution in [3.63, 3.8) is 0 Å². The van der Waals surface area contributed by atoms with E-state index in [1.54, 1.807) is 0 Å². The summed E-state index contributed by atoms with van der Waals surface area (Å²) in [6, 6.07) is 9.07. The van der Waals surface area contributed by atoms with Crippen LogP contribution in [0.5, 0.6) is 0 Å². The third-order valence-electron chi connectivity index (χ3n) is 4.73. The van der Waals surface area contributed by atoms with Crippen molar-refractivity contribution < 1.29 is 0 Å². The number of benzene rings is 1. The van der Waals surface area contributed by atoms with Gasteiger partial charge in [-0.25, -0.2) is 0 Å². The maximum Gasteiger partial charge on any atom is 0.0484 e. The Kier molecular flexibility index (Phi) is 4.11. The molecule has 0 bridgehead atoms. The van der Waals surface area contributed by atoms with Gasteiger partial charge in [-0.1, -0.05) is 32.0 Å². The van der Waals surface area contributed by atoms with E-state index in [0.717, 1.165) is 11.8 Å². The average molecular weight is 288 g/mol. The molecule has 1 aromatic heterocycles. The van der Waals surface area contributed by atoms with E-state index in [1.807, 2.05) is 11.3 Å². The van der Waals surface area contributed by atoms with Crippen LogP contribution >= 0.6 is 11.3 Å². The molecule has 3 heteroatoms. The molecular formula is C17H24N2S. The second kappa shape index (κ2) is 5.84. The summed E-state index contributed by atoms with van der Waals surface area (Å²) in [4.78, 5) is 2.60. The van der Waals surface area contributed by atoms with Crippen LogP contribution in [0.15, 0.2) is 29.6 Å². The zero-order valence-electron chi connectivity index (χ0n) is 12.4. The first-order valence-corrected chi connectivity index (χ1v) is 8.49. The summed E-state index contributed by atoms with van der Waals surface area (Å²) in [6.07, 6.45) is 1.32. The highest BCUT2D eigenvalue weighted by Gasteiger charge is 2.30. The molecule has 1 aromatic carbocycles. The Hall–Kier alpha value is -0.900. The lowest BCUT2D eigenvalue weighted by atomic mass is 9.95. The molecule has 2 atom stereocenters. The Morgan fingerprint density at radius 3 is 2.85 bits per heavy atom. The summed E-state index contributed by atoms with van der Waals surface area (Å²) in [6.45, 7) is 7.78. The molecule has 0 spiro atoms. The number of hydrogen-bond donors (Lipinski definition) is 1. The minimum Gasteiger partial charge on any atom is -0.329 e. The molecule has 1 aliphatic rings. The van der Waals surface area contributed by atoms with Crippen LogP contribution in [-0.2, 0) is 0 Å². The van der Waals surface area contributed by atoms with Gasteiger partial charge < -0.3 is 5.73 Å². The fourth-order valence-corrected chi connectivity index (χ4v) is 4.38. The molecule has 1 fully saturated rings. The third kappa shape index (κ3) is 2.50. The van der Waals surface area contributed by atoms with E-state index in [4.69, 9.17) is 5.73 Å². The molecule has 1 saturated heterocycles. The molecule has 3 rings (SSSR count). The SMILES string of the molecule is CC(C)C1CCN(C(CN)c2csc3ccccc23)C1. The number of thiophene rings is 1. The van der Waals surface area contributed by atoms with Crippen molar-refractivity contribution >= 4 is 21.4 Å². The molecule has 2 heterocycles. The van der Waals surface area contributed by atoms with Crippen LogP contribution in [0.1, 0.15) is 31.9 Å². The van der Waals surface area contributed by atoms with Gasteiger partial charge >= 0.3 is 0 Å². The Balaban J connectivity index is 1.87. The molecule has 0 radical (unpaired) electrons. The second-order valence-corrected chi connectivity index (χ2v) is 7.14. The molecule has 1 aliphatic heterocycles. The summed E-state index contributed by atoms with van der Waals surface area (Å²) in [5.41, 5.74) is 7.55. The van der Waals surface area contributed by atoms with Gasteiger partial charge in [0.2, 0.25) is 0 Å². The minimum absolute atomic E-state index is 0.384. The first-order chi connectivity index (χ1) is 9.70. The molecule has 0 amide bonds. The van der Waals surface area contributed by atoms with E-state index in [0.29, 0.717) is 12.6 Å². The lowest BCUT2D eigenvalue weighted by Gasteiger charge is -2.27. The van der Waals surface area contributed by atoms with Gasteiger partial charge in [0.25, 0.3) is 0 Å². The fourth-order valence-electron chi connectivity index (χ4n) is 3.37. The van der Waals surface area contributed by atoms with Crippen molar-refractivity contribution in [3.8, 4) is 0 Å². The van der Waals surface area contributed by atoms with E-state index < -0.39 is 0 Å². The maximum atomic E-state index is 6.12. The summed E-state index contributed by atoms with van der Waals surface area (Å²) < 4.78 is 1.38. The molecule has 2 aromatic rings. The minimum atomic E-state index is 0.384. The number of hydrogen-bond acceptors (Lipinski definition) is 3. The van der Waals surface area contributed by atoms with E-state index in [-0.39, 0.29) is 0 Å². The number of likely N-dealkylation sites (tertiary alicyclic amines) is 1. The highest BCUT2D eigenvalue weighted by atomic mass is 32.1. The zero-order valence-corrected chi connectivity index (χ0v) is 13.2. The van der Waals surface area contributed by atoms with Gasteiger partial charge in [0.15, 0.2) is 0 Å². The van der Waals surface area contributed by atoms with Gasteiger partial charge in [0.05, 0.1) is 0 Å². The van der Waals surface area contributed by atoms with Crippen LogP contribution in [0, 0.1) is 11.8 Å². The highest BCUT2D eigenvalue weighted by Crippen LogP contribution is 2.36. The third-order valence-corrected chi connectivity index (χ3v) is 5.71. The molecular weight excluding hydrogens is 264 g/mol. The Bertz CT molecular complexity index is 575. The van der Waals surface area contributed by atoms with Gasteiger partial charge in [0, 0.05) is 23.8 Å². The molecule has 108 valence electrons. The van der Waals surface area contributed by atoms with E-state index in [9.17, 15) is 0 Å². The van der Waals surface area contributed by atoms with Crippen LogP contribution in [0.2, 0.25) is 0 Å². The lowest BCUT2D eigenvalue weighted by Crippen LogP contribution is -2.32. The first-order valence-electron chi connectivity index (χ1n) is 7.61. The molecule has 2 nitrogen and oxygen atoms in total. The average Bonchev–Trinajstić information content (AvgIpc) is 3.08. The van der Waals surface area contributed by atoms with Gasteiger partial charge in [-0.2, -0.15) is 0 Å². The summed E-state index contributed by atoms with van der Waals surface area (Å²) in [5.74, 6) is 1.60. The molecule has 2 unspecified atom stereocenters. The molecule has 0 saturated carbocycles. The quantitative estimate of drug-likeness (QED) is 0.925. The Morgan fingerprint density at radius 2 is 2.15 bits per heavy atom. The number of rotatable bonds is 4. The fraction of sp³-hybridized carbons (Fsp3) is 0.529. The van der Waals surface area contributed by atoms with Crippen LogP contribution in [0.25, 0.3) is 10.1 Å².